The zero-order chi connectivity index (χ0) is 23.5. The molecular formula is C24H36N4O4. The van der Waals surface area contributed by atoms with Gasteiger partial charge in [-0.3, -0.25) is 4.99 Å². The summed E-state index contributed by atoms with van der Waals surface area (Å²) >= 11 is 0. The second-order valence-corrected chi connectivity index (χ2v) is 7.51. The fraction of sp³-hybridized carbons (Fsp3) is 0.458. The first kappa shape index (κ1) is 25.1. The number of hydrogen-bond donors (Lipinski definition) is 2. The fourth-order valence-electron chi connectivity index (χ4n) is 3.29. The highest BCUT2D eigenvalue weighted by Crippen LogP contribution is 2.31. The van der Waals surface area contributed by atoms with Gasteiger partial charge in [0.15, 0.2) is 29.0 Å². The Balaban J connectivity index is 1.96. The van der Waals surface area contributed by atoms with Crippen LogP contribution in [0.2, 0.25) is 0 Å². The minimum absolute atomic E-state index is 0.0830. The van der Waals surface area contributed by atoms with Gasteiger partial charge in [-0.1, -0.05) is 18.2 Å². The van der Waals surface area contributed by atoms with Gasteiger partial charge >= 0.3 is 0 Å². The van der Waals surface area contributed by atoms with Gasteiger partial charge in [0.25, 0.3) is 0 Å². The number of aliphatic imine (C=N–C) groups is 1. The van der Waals surface area contributed by atoms with Crippen LogP contribution in [0.5, 0.6) is 23.0 Å². The van der Waals surface area contributed by atoms with Crippen LogP contribution < -0.4 is 29.6 Å². The Kier molecular flexibility index (Phi) is 9.94. The van der Waals surface area contributed by atoms with E-state index < -0.39 is 0 Å². The van der Waals surface area contributed by atoms with E-state index in [2.05, 4.69) is 20.5 Å². The maximum absolute atomic E-state index is 6.01. The Bertz CT molecular complexity index is 873. The van der Waals surface area contributed by atoms with Gasteiger partial charge in [-0.05, 0) is 50.8 Å². The molecule has 0 aliphatic carbocycles. The third-order valence-corrected chi connectivity index (χ3v) is 5.06. The number of methoxy groups -OCH3 is 3. The molecule has 2 aromatic carbocycles. The van der Waals surface area contributed by atoms with E-state index in [4.69, 9.17) is 18.9 Å². The molecule has 0 heterocycles. The summed E-state index contributed by atoms with van der Waals surface area (Å²) in [7, 11) is 10.8. The first-order valence-electron chi connectivity index (χ1n) is 10.6. The number of likely N-dealkylation sites (N-methyl/N-ethyl adjacent to an activating group) is 1. The molecule has 0 saturated heterocycles. The Labute approximate surface area is 191 Å². The second-order valence-electron chi connectivity index (χ2n) is 7.51. The van der Waals surface area contributed by atoms with Crippen LogP contribution >= 0.6 is 0 Å². The third kappa shape index (κ3) is 6.95. The number of nitrogens with zero attached hydrogens (tertiary/aromatic N) is 2. The van der Waals surface area contributed by atoms with Crippen LogP contribution in [-0.4, -0.2) is 72.5 Å². The summed E-state index contributed by atoms with van der Waals surface area (Å²) in [4.78, 5) is 6.49. The van der Waals surface area contributed by atoms with Crippen molar-refractivity contribution < 1.29 is 18.9 Å². The number of para-hydroxylation sites is 2. The van der Waals surface area contributed by atoms with Gasteiger partial charge < -0.3 is 34.5 Å². The molecule has 0 aliphatic rings. The lowest BCUT2D eigenvalue weighted by molar-refractivity contribution is 0.213. The van der Waals surface area contributed by atoms with Crippen molar-refractivity contribution in [3.63, 3.8) is 0 Å². The van der Waals surface area contributed by atoms with Crippen LogP contribution in [0.4, 0.5) is 0 Å². The van der Waals surface area contributed by atoms with Crippen LogP contribution in [0, 0.1) is 0 Å². The number of guanidine groups is 1. The average molecular weight is 445 g/mol. The summed E-state index contributed by atoms with van der Waals surface area (Å²) < 4.78 is 22.2. The van der Waals surface area contributed by atoms with Gasteiger partial charge in [-0.2, -0.15) is 0 Å². The quantitative estimate of drug-likeness (QED) is 0.408. The molecule has 32 heavy (non-hydrogen) atoms. The van der Waals surface area contributed by atoms with E-state index in [9.17, 15) is 0 Å². The molecule has 0 bridgehead atoms. The van der Waals surface area contributed by atoms with Crippen LogP contribution in [-0.2, 0) is 0 Å². The lowest BCUT2D eigenvalue weighted by Crippen LogP contribution is -2.44. The van der Waals surface area contributed by atoms with Gasteiger partial charge in [-0.15, -0.1) is 0 Å². The predicted molar refractivity (Wildman–Crippen MR) is 128 cm³/mol. The van der Waals surface area contributed by atoms with Crippen molar-refractivity contribution in [1.29, 1.82) is 0 Å². The van der Waals surface area contributed by atoms with E-state index >= 15 is 0 Å². The molecule has 0 spiro atoms. The average Bonchev–Trinajstić information content (AvgIpc) is 2.81. The molecule has 8 nitrogen and oxygen atoms in total. The van der Waals surface area contributed by atoms with E-state index in [0.29, 0.717) is 42.0 Å². The molecule has 0 amide bonds. The number of hydrogen-bond acceptors (Lipinski definition) is 6. The predicted octanol–water partition coefficient (Wildman–Crippen LogP) is 2.95. The van der Waals surface area contributed by atoms with Gasteiger partial charge in [0.1, 0.15) is 6.10 Å². The van der Waals surface area contributed by atoms with Gasteiger partial charge in [-0.25, -0.2) is 0 Å². The summed E-state index contributed by atoms with van der Waals surface area (Å²) in [6.07, 6.45) is -0.0830. The first-order chi connectivity index (χ1) is 15.4. The van der Waals surface area contributed by atoms with Crippen molar-refractivity contribution in [2.75, 3.05) is 55.6 Å². The molecule has 0 radical (unpaired) electrons. The summed E-state index contributed by atoms with van der Waals surface area (Å²) in [5, 5.41) is 6.73. The van der Waals surface area contributed by atoms with E-state index in [-0.39, 0.29) is 12.1 Å². The SMILES string of the molecule is CN=C(NCC(C)Oc1ccccc1OC)NCC(c1ccc(OC)c(OC)c1)N(C)C. The normalized spacial score (nSPS) is 13.3. The lowest BCUT2D eigenvalue weighted by Gasteiger charge is -2.27. The summed E-state index contributed by atoms with van der Waals surface area (Å²) in [6.45, 7) is 3.24. The highest BCUT2D eigenvalue weighted by Gasteiger charge is 2.17. The van der Waals surface area contributed by atoms with Crippen LogP contribution in [0.1, 0.15) is 18.5 Å². The van der Waals surface area contributed by atoms with Crippen LogP contribution in [0.3, 0.4) is 0 Å². The number of nitrogens with one attached hydrogen (secondary N) is 2. The summed E-state index contributed by atoms with van der Waals surface area (Å²) in [6, 6.07) is 13.7. The second kappa shape index (κ2) is 12.7. The molecule has 0 saturated carbocycles. The number of ether oxygens (including phenoxy) is 4. The third-order valence-electron chi connectivity index (χ3n) is 5.06. The molecule has 0 fully saturated rings. The molecule has 0 aliphatic heterocycles. The Hall–Kier alpha value is -3.13. The van der Waals surface area contributed by atoms with Gasteiger partial charge in [0, 0.05) is 13.6 Å². The largest absolute Gasteiger partial charge is 0.493 e. The number of benzene rings is 2. The summed E-state index contributed by atoms with van der Waals surface area (Å²) in [5.41, 5.74) is 1.11. The van der Waals surface area contributed by atoms with Gasteiger partial charge in [0.05, 0.1) is 33.9 Å². The van der Waals surface area contributed by atoms with Crippen molar-refractivity contribution >= 4 is 5.96 Å². The molecule has 2 rings (SSSR count). The highest BCUT2D eigenvalue weighted by molar-refractivity contribution is 5.79. The van der Waals surface area contributed by atoms with Gasteiger partial charge in [0.2, 0.25) is 0 Å². The van der Waals surface area contributed by atoms with E-state index in [1.807, 2.05) is 63.5 Å². The van der Waals surface area contributed by atoms with Crippen molar-refractivity contribution in [2.24, 2.45) is 4.99 Å². The molecule has 2 aromatic rings. The van der Waals surface area contributed by atoms with Crippen LogP contribution in [0.25, 0.3) is 0 Å². The van der Waals surface area contributed by atoms with Crippen molar-refractivity contribution in [3.8, 4) is 23.0 Å². The Morgan fingerprint density at radius 3 is 2.06 bits per heavy atom. The topological polar surface area (TPSA) is 76.6 Å². The van der Waals surface area contributed by atoms with Crippen molar-refractivity contribution in [2.45, 2.75) is 19.1 Å². The molecule has 2 atom stereocenters. The molecule has 8 heteroatoms. The highest BCUT2D eigenvalue weighted by atomic mass is 16.5. The number of rotatable bonds is 11. The zero-order valence-electron chi connectivity index (χ0n) is 20.1. The van der Waals surface area contributed by atoms with Crippen molar-refractivity contribution in [1.82, 2.24) is 15.5 Å². The minimum atomic E-state index is -0.0830. The molecule has 2 unspecified atom stereocenters. The molecule has 2 N–H and O–H groups in total. The minimum Gasteiger partial charge on any atom is -0.493 e. The standard InChI is InChI=1S/C24H36N4O4/c1-17(32-22-11-9-8-10-20(22)29-5)15-26-24(25-2)27-16-19(28(3)4)18-12-13-21(30-6)23(14-18)31-7/h8-14,17,19H,15-16H2,1-7H3,(H2,25,26,27). The summed E-state index contributed by atoms with van der Waals surface area (Å²) in [5.74, 6) is 3.55. The smallest absolute Gasteiger partial charge is 0.191 e. The molecule has 176 valence electrons. The van der Waals surface area contributed by atoms with Crippen LogP contribution in [0.15, 0.2) is 47.5 Å². The maximum Gasteiger partial charge on any atom is 0.191 e. The first-order valence-corrected chi connectivity index (χ1v) is 10.6. The van der Waals surface area contributed by atoms with Crippen molar-refractivity contribution in [3.05, 3.63) is 48.0 Å². The van der Waals surface area contributed by atoms with E-state index in [1.165, 1.54) is 0 Å². The monoisotopic (exact) mass is 444 g/mol. The Morgan fingerprint density at radius 1 is 0.875 bits per heavy atom. The maximum atomic E-state index is 6.01. The zero-order valence-corrected chi connectivity index (χ0v) is 20.1. The lowest BCUT2D eigenvalue weighted by atomic mass is 10.1. The molecular weight excluding hydrogens is 408 g/mol. The van der Waals surface area contributed by atoms with E-state index in [0.717, 1.165) is 5.56 Å². The molecule has 0 aromatic heterocycles. The fourth-order valence-corrected chi connectivity index (χ4v) is 3.29. The Morgan fingerprint density at radius 2 is 1.47 bits per heavy atom. The van der Waals surface area contributed by atoms with E-state index in [1.54, 1.807) is 28.4 Å².